The Balaban J connectivity index is 1.87. The number of hydrogen-bond acceptors (Lipinski definition) is 4. The number of carbonyl (C=O) groups is 1. The lowest BCUT2D eigenvalue weighted by molar-refractivity contribution is -0.120. The molecule has 0 spiro atoms. The van der Waals surface area contributed by atoms with Crippen LogP contribution in [0.5, 0.6) is 5.75 Å². The first-order valence-electron chi connectivity index (χ1n) is 9.37. The van der Waals surface area contributed by atoms with E-state index in [0.29, 0.717) is 11.4 Å². The molecule has 1 aliphatic heterocycles. The van der Waals surface area contributed by atoms with Crippen LogP contribution in [0.2, 0.25) is 10.0 Å². The van der Waals surface area contributed by atoms with Crippen molar-refractivity contribution < 1.29 is 17.9 Å². The number of benzene rings is 2. The summed E-state index contributed by atoms with van der Waals surface area (Å²) in [5.41, 5.74) is 1.59. The number of nitrogens with zero attached hydrogens (tertiary/aromatic N) is 1. The van der Waals surface area contributed by atoms with Crippen LogP contribution in [0.15, 0.2) is 36.4 Å². The monoisotopic (exact) mass is 470 g/mol. The Morgan fingerprint density at radius 3 is 2.60 bits per heavy atom. The van der Waals surface area contributed by atoms with E-state index in [1.807, 2.05) is 39.0 Å². The third-order valence-electron chi connectivity index (χ3n) is 4.83. The first-order chi connectivity index (χ1) is 13.9. The van der Waals surface area contributed by atoms with Crippen molar-refractivity contribution in [1.29, 1.82) is 0 Å². The summed E-state index contributed by atoms with van der Waals surface area (Å²) in [6.07, 6.45) is 1.57. The molecule has 1 unspecified atom stereocenters. The highest BCUT2D eigenvalue weighted by molar-refractivity contribution is 7.92. The maximum absolute atomic E-state index is 12.9. The molecule has 0 aromatic heterocycles. The molecular formula is C21H24Cl2N2O4S. The van der Waals surface area contributed by atoms with Gasteiger partial charge in [-0.25, -0.2) is 8.42 Å². The van der Waals surface area contributed by atoms with E-state index in [2.05, 4.69) is 5.32 Å². The zero-order valence-corrected chi connectivity index (χ0v) is 19.5. The topological polar surface area (TPSA) is 75.7 Å². The smallest absolute Gasteiger partial charge is 0.241 e. The van der Waals surface area contributed by atoms with Crippen LogP contribution in [0.4, 0.5) is 5.69 Å². The van der Waals surface area contributed by atoms with Gasteiger partial charge >= 0.3 is 0 Å². The van der Waals surface area contributed by atoms with Crippen LogP contribution in [0.1, 0.15) is 37.4 Å². The van der Waals surface area contributed by atoms with Gasteiger partial charge in [-0.15, -0.1) is 0 Å². The van der Waals surface area contributed by atoms with E-state index in [1.165, 1.54) is 12.1 Å². The third-order valence-corrected chi connectivity index (χ3v) is 6.51. The Morgan fingerprint density at radius 2 is 1.93 bits per heavy atom. The van der Waals surface area contributed by atoms with Crippen LogP contribution >= 0.6 is 23.2 Å². The van der Waals surface area contributed by atoms with Crippen molar-refractivity contribution >= 4 is 44.8 Å². The molecule has 1 atom stereocenters. The molecule has 0 bridgehead atoms. The number of nitrogens with one attached hydrogen (secondary N) is 1. The van der Waals surface area contributed by atoms with E-state index in [4.69, 9.17) is 27.9 Å². The van der Waals surface area contributed by atoms with Crippen LogP contribution in [0.3, 0.4) is 0 Å². The molecular weight excluding hydrogens is 447 g/mol. The van der Waals surface area contributed by atoms with Gasteiger partial charge in [-0.1, -0.05) is 35.3 Å². The van der Waals surface area contributed by atoms with E-state index in [-0.39, 0.29) is 16.8 Å². The highest BCUT2D eigenvalue weighted by Crippen LogP contribution is 2.40. The molecule has 162 valence electrons. The van der Waals surface area contributed by atoms with Gasteiger partial charge in [0.25, 0.3) is 0 Å². The summed E-state index contributed by atoms with van der Waals surface area (Å²) in [6, 6.07) is 9.97. The molecule has 2 aromatic carbocycles. The zero-order valence-electron chi connectivity index (χ0n) is 17.2. The summed E-state index contributed by atoms with van der Waals surface area (Å²) in [5, 5.41) is 3.46. The number of amides is 1. The molecule has 1 heterocycles. The average Bonchev–Trinajstić information content (AvgIpc) is 2.59. The quantitative estimate of drug-likeness (QED) is 0.698. The second-order valence-electron chi connectivity index (χ2n) is 8.09. The van der Waals surface area contributed by atoms with E-state index in [9.17, 15) is 13.2 Å². The summed E-state index contributed by atoms with van der Waals surface area (Å²) in [6.45, 7) is 5.45. The van der Waals surface area contributed by atoms with E-state index in [0.717, 1.165) is 27.4 Å². The fourth-order valence-corrected chi connectivity index (χ4v) is 4.81. The van der Waals surface area contributed by atoms with Gasteiger partial charge in [0.15, 0.2) is 0 Å². The van der Waals surface area contributed by atoms with Gasteiger partial charge < -0.3 is 10.1 Å². The standard InChI is InChI=1S/C21H24Cl2N2O4S/c1-13-5-7-15-17(11-21(2,3)29-19(15)9-13)24-20(26)12-25(30(4,27)28)18-10-14(22)6-8-16(18)23/h5-10,17H,11-12H2,1-4H3,(H,24,26). The fourth-order valence-electron chi connectivity index (χ4n) is 3.52. The maximum atomic E-state index is 12.9. The minimum atomic E-state index is -3.78. The minimum absolute atomic E-state index is 0.158. The van der Waals surface area contributed by atoms with Crippen LogP contribution in [0.25, 0.3) is 0 Å². The molecule has 0 saturated carbocycles. The molecule has 30 heavy (non-hydrogen) atoms. The van der Waals surface area contributed by atoms with Crippen molar-refractivity contribution in [2.75, 3.05) is 17.1 Å². The molecule has 0 radical (unpaired) electrons. The number of rotatable bonds is 5. The first kappa shape index (κ1) is 22.7. The number of carbonyl (C=O) groups excluding carboxylic acids is 1. The van der Waals surface area contributed by atoms with Crippen LogP contribution < -0.4 is 14.4 Å². The van der Waals surface area contributed by atoms with Crippen molar-refractivity contribution in [2.24, 2.45) is 0 Å². The summed E-state index contributed by atoms with van der Waals surface area (Å²) < 4.78 is 31.8. The van der Waals surface area contributed by atoms with E-state index >= 15 is 0 Å². The zero-order chi connectivity index (χ0) is 22.3. The number of ether oxygens (including phenoxy) is 1. The SMILES string of the molecule is Cc1ccc2c(c1)OC(C)(C)CC2NC(=O)CN(c1cc(Cl)ccc1Cl)S(C)(=O)=O. The second kappa shape index (κ2) is 8.29. The van der Waals surface area contributed by atoms with Gasteiger partial charge in [0.05, 0.1) is 23.0 Å². The van der Waals surface area contributed by atoms with Crippen LogP contribution in [-0.2, 0) is 14.8 Å². The van der Waals surface area contributed by atoms with Crippen molar-refractivity contribution in [3.05, 3.63) is 57.6 Å². The highest BCUT2D eigenvalue weighted by Gasteiger charge is 2.35. The van der Waals surface area contributed by atoms with Crippen molar-refractivity contribution in [3.8, 4) is 5.75 Å². The number of aryl methyl sites for hydroxylation is 1. The molecule has 2 aromatic rings. The van der Waals surface area contributed by atoms with Gasteiger partial charge in [0.1, 0.15) is 17.9 Å². The Hall–Kier alpha value is -1.96. The number of anilines is 1. The minimum Gasteiger partial charge on any atom is -0.487 e. The van der Waals surface area contributed by atoms with Gasteiger partial charge in [-0.3, -0.25) is 9.10 Å². The fraction of sp³-hybridized carbons (Fsp3) is 0.381. The van der Waals surface area contributed by atoms with E-state index < -0.39 is 28.1 Å². The summed E-state index contributed by atoms with van der Waals surface area (Å²) in [4.78, 5) is 12.9. The Labute approximate surface area is 187 Å². The molecule has 0 aliphatic carbocycles. The van der Waals surface area contributed by atoms with Gasteiger partial charge in [-0.05, 0) is 50.6 Å². The molecule has 6 nitrogen and oxygen atoms in total. The first-order valence-corrected chi connectivity index (χ1v) is 12.0. The summed E-state index contributed by atoms with van der Waals surface area (Å²) in [7, 11) is -3.78. The van der Waals surface area contributed by atoms with Crippen LogP contribution in [0, 0.1) is 6.92 Å². The molecule has 1 amide bonds. The summed E-state index contributed by atoms with van der Waals surface area (Å²) >= 11 is 12.2. The average molecular weight is 471 g/mol. The number of halogens is 2. The van der Waals surface area contributed by atoms with Gasteiger partial charge in [0.2, 0.25) is 15.9 Å². The van der Waals surface area contributed by atoms with E-state index in [1.54, 1.807) is 6.07 Å². The molecule has 1 N–H and O–H groups in total. The lowest BCUT2D eigenvalue weighted by atomic mass is 9.89. The Kier molecular flexibility index (Phi) is 6.28. The third kappa shape index (κ3) is 5.20. The predicted octanol–water partition coefficient (Wildman–Crippen LogP) is 4.49. The number of hydrogen-bond donors (Lipinski definition) is 1. The largest absolute Gasteiger partial charge is 0.487 e. The highest BCUT2D eigenvalue weighted by atomic mass is 35.5. The molecule has 0 saturated heterocycles. The van der Waals surface area contributed by atoms with Crippen molar-refractivity contribution in [2.45, 2.75) is 38.8 Å². The van der Waals surface area contributed by atoms with Gasteiger partial charge in [0, 0.05) is 17.0 Å². The molecule has 0 fully saturated rings. The Bertz CT molecular complexity index is 1090. The Morgan fingerprint density at radius 1 is 1.23 bits per heavy atom. The number of fused-ring (bicyclic) bond motifs is 1. The van der Waals surface area contributed by atoms with Gasteiger partial charge in [-0.2, -0.15) is 0 Å². The van der Waals surface area contributed by atoms with Crippen LogP contribution in [-0.4, -0.2) is 32.7 Å². The van der Waals surface area contributed by atoms with Crippen molar-refractivity contribution in [1.82, 2.24) is 5.32 Å². The predicted molar refractivity (Wildman–Crippen MR) is 120 cm³/mol. The molecule has 1 aliphatic rings. The summed E-state index contributed by atoms with van der Waals surface area (Å²) in [5.74, 6) is 0.264. The second-order valence-corrected chi connectivity index (χ2v) is 10.8. The molecule has 9 heteroatoms. The van der Waals surface area contributed by atoms with Crippen molar-refractivity contribution in [3.63, 3.8) is 0 Å². The lowest BCUT2D eigenvalue weighted by Gasteiger charge is -2.38. The number of sulfonamides is 1. The maximum Gasteiger partial charge on any atom is 0.241 e. The lowest BCUT2D eigenvalue weighted by Crippen LogP contribution is -2.45. The normalized spacial score (nSPS) is 17.6. The molecule has 3 rings (SSSR count).